The summed E-state index contributed by atoms with van der Waals surface area (Å²) in [4.78, 5) is 3.30. The molecular formula is C20H24N2O2S. The molecule has 5 heteroatoms. The van der Waals surface area contributed by atoms with Crippen molar-refractivity contribution in [1.29, 1.82) is 0 Å². The van der Waals surface area contributed by atoms with Gasteiger partial charge in [-0.25, -0.2) is 8.42 Å². The third kappa shape index (κ3) is 3.16. The van der Waals surface area contributed by atoms with Gasteiger partial charge in [-0.05, 0) is 30.0 Å². The molecule has 2 aromatic carbocycles. The Balaban J connectivity index is 2.23. The largest absolute Gasteiger partial charge is 0.359 e. The van der Waals surface area contributed by atoms with Crippen LogP contribution in [0.4, 0.5) is 5.69 Å². The molecule has 25 heavy (non-hydrogen) atoms. The molecule has 0 fully saturated rings. The highest BCUT2D eigenvalue weighted by Gasteiger charge is 2.33. The molecule has 0 aliphatic carbocycles. The lowest BCUT2D eigenvalue weighted by Gasteiger charge is -2.32. The minimum atomic E-state index is -3.33. The summed E-state index contributed by atoms with van der Waals surface area (Å²) in [5, 5.41) is 1.06. The first-order valence-corrected chi connectivity index (χ1v) is 10.4. The van der Waals surface area contributed by atoms with Crippen molar-refractivity contribution in [2.75, 3.05) is 11.0 Å². The fourth-order valence-electron chi connectivity index (χ4n) is 3.79. The lowest BCUT2D eigenvalue weighted by Crippen LogP contribution is -2.25. The first-order chi connectivity index (χ1) is 11.9. The van der Waals surface area contributed by atoms with Crippen LogP contribution in [0.2, 0.25) is 0 Å². The van der Waals surface area contributed by atoms with Crippen LogP contribution >= 0.6 is 0 Å². The number of anilines is 1. The van der Waals surface area contributed by atoms with Crippen LogP contribution < -0.4 is 4.72 Å². The summed E-state index contributed by atoms with van der Waals surface area (Å²) in [5.74, 6) is 0. The number of para-hydroxylation sites is 1. The third-order valence-electron chi connectivity index (χ3n) is 5.06. The van der Waals surface area contributed by atoms with Crippen LogP contribution in [-0.4, -0.2) is 19.7 Å². The number of aromatic amines is 1. The zero-order valence-corrected chi connectivity index (χ0v) is 15.7. The second-order valence-corrected chi connectivity index (χ2v) is 8.21. The molecule has 0 radical (unpaired) electrons. The highest BCUT2D eigenvalue weighted by Crippen LogP contribution is 2.43. The van der Waals surface area contributed by atoms with E-state index in [-0.39, 0.29) is 5.41 Å². The van der Waals surface area contributed by atoms with Gasteiger partial charge in [0.25, 0.3) is 0 Å². The van der Waals surface area contributed by atoms with Crippen LogP contribution in [0.1, 0.15) is 37.8 Å². The Labute approximate surface area is 149 Å². The lowest BCUT2D eigenvalue weighted by molar-refractivity contribution is 0.482. The number of benzene rings is 2. The Bertz CT molecular complexity index is 971. The highest BCUT2D eigenvalue weighted by molar-refractivity contribution is 7.92. The molecule has 3 aromatic rings. The summed E-state index contributed by atoms with van der Waals surface area (Å²) in [7, 11) is -3.33. The maximum Gasteiger partial charge on any atom is 0.229 e. The minimum Gasteiger partial charge on any atom is -0.359 e. The molecule has 0 saturated heterocycles. The van der Waals surface area contributed by atoms with E-state index in [0.29, 0.717) is 5.69 Å². The van der Waals surface area contributed by atoms with Crippen LogP contribution in [0.3, 0.4) is 0 Å². The van der Waals surface area contributed by atoms with Crippen LogP contribution in [0, 0.1) is 0 Å². The molecule has 132 valence electrons. The van der Waals surface area contributed by atoms with Crippen molar-refractivity contribution in [1.82, 2.24) is 4.98 Å². The zero-order chi connectivity index (χ0) is 18.1. The van der Waals surface area contributed by atoms with Gasteiger partial charge in [0.1, 0.15) is 0 Å². The molecule has 0 aliphatic rings. The van der Waals surface area contributed by atoms with Gasteiger partial charge in [0, 0.05) is 17.0 Å². The third-order valence-corrected chi connectivity index (χ3v) is 5.65. The normalized spacial score (nSPS) is 12.4. The van der Waals surface area contributed by atoms with Gasteiger partial charge in [0.05, 0.1) is 17.5 Å². The predicted molar refractivity (Wildman–Crippen MR) is 105 cm³/mol. The van der Waals surface area contributed by atoms with Crippen LogP contribution in [-0.2, 0) is 15.4 Å². The Kier molecular flexibility index (Phi) is 4.60. The van der Waals surface area contributed by atoms with Crippen molar-refractivity contribution >= 4 is 26.6 Å². The number of sulfonamides is 1. The van der Waals surface area contributed by atoms with Crippen LogP contribution in [0.5, 0.6) is 0 Å². The van der Waals surface area contributed by atoms with Crippen molar-refractivity contribution < 1.29 is 8.42 Å². The van der Waals surface area contributed by atoms with E-state index in [1.807, 2.05) is 18.3 Å². The van der Waals surface area contributed by atoms with E-state index in [4.69, 9.17) is 0 Å². The summed E-state index contributed by atoms with van der Waals surface area (Å²) in [5.41, 5.74) is 3.78. The summed E-state index contributed by atoms with van der Waals surface area (Å²) in [6.07, 6.45) is 5.12. The first-order valence-electron chi connectivity index (χ1n) is 8.55. The van der Waals surface area contributed by atoms with Gasteiger partial charge in [0.2, 0.25) is 10.0 Å². The maximum atomic E-state index is 11.7. The van der Waals surface area contributed by atoms with E-state index in [0.717, 1.165) is 23.7 Å². The number of H-pyrrole nitrogens is 1. The molecular weight excluding hydrogens is 332 g/mol. The molecule has 4 nitrogen and oxygen atoms in total. The van der Waals surface area contributed by atoms with E-state index in [2.05, 4.69) is 53.9 Å². The highest BCUT2D eigenvalue weighted by atomic mass is 32.2. The van der Waals surface area contributed by atoms with Gasteiger partial charge in [-0.3, -0.25) is 4.72 Å². The standard InChI is InChI=1S/C20H24N2O2S/c1-4-20(5-2,15-10-7-6-8-11-15)17-14-21-19-16(17)12-9-13-18(19)22-25(3,23)24/h6-14,21-22H,4-5H2,1-3H3. The fraction of sp³-hybridized carbons (Fsp3) is 0.300. The monoisotopic (exact) mass is 356 g/mol. The molecule has 0 amide bonds. The molecule has 1 aromatic heterocycles. The van der Waals surface area contributed by atoms with Gasteiger partial charge in [-0.15, -0.1) is 0 Å². The van der Waals surface area contributed by atoms with Crippen molar-refractivity contribution in [2.45, 2.75) is 32.1 Å². The fourth-order valence-corrected chi connectivity index (χ4v) is 4.36. The molecule has 0 bridgehead atoms. The number of hydrogen-bond donors (Lipinski definition) is 2. The smallest absolute Gasteiger partial charge is 0.229 e. The van der Waals surface area contributed by atoms with Gasteiger partial charge < -0.3 is 4.98 Å². The molecule has 0 unspecified atom stereocenters. The second-order valence-electron chi connectivity index (χ2n) is 6.46. The average molecular weight is 356 g/mol. The Morgan fingerprint density at radius 3 is 2.28 bits per heavy atom. The quantitative estimate of drug-likeness (QED) is 0.675. The molecule has 2 N–H and O–H groups in total. The van der Waals surface area contributed by atoms with E-state index in [1.54, 1.807) is 6.07 Å². The van der Waals surface area contributed by atoms with E-state index in [9.17, 15) is 8.42 Å². The molecule has 0 atom stereocenters. The van der Waals surface area contributed by atoms with E-state index < -0.39 is 10.0 Å². The molecule has 0 spiro atoms. The summed E-state index contributed by atoms with van der Waals surface area (Å²) < 4.78 is 25.9. The Hall–Kier alpha value is -2.27. The van der Waals surface area contributed by atoms with Gasteiger partial charge in [-0.1, -0.05) is 56.3 Å². The van der Waals surface area contributed by atoms with Crippen molar-refractivity contribution in [3.63, 3.8) is 0 Å². The van der Waals surface area contributed by atoms with Crippen molar-refractivity contribution in [3.8, 4) is 0 Å². The molecule has 0 aliphatic heterocycles. The average Bonchev–Trinajstić information content (AvgIpc) is 3.02. The molecule has 3 rings (SSSR count). The Morgan fingerprint density at radius 1 is 1.00 bits per heavy atom. The maximum absolute atomic E-state index is 11.7. The number of rotatable bonds is 6. The lowest BCUT2D eigenvalue weighted by atomic mass is 9.70. The summed E-state index contributed by atoms with van der Waals surface area (Å²) >= 11 is 0. The van der Waals surface area contributed by atoms with Gasteiger partial charge in [0.15, 0.2) is 0 Å². The number of nitrogens with one attached hydrogen (secondary N) is 2. The number of aromatic nitrogens is 1. The van der Waals surface area contributed by atoms with Gasteiger partial charge >= 0.3 is 0 Å². The molecule has 0 saturated carbocycles. The van der Waals surface area contributed by atoms with Crippen LogP contribution in [0.15, 0.2) is 54.7 Å². The number of hydrogen-bond acceptors (Lipinski definition) is 2. The van der Waals surface area contributed by atoms with E-state index >= 15 is 0 Å². The number of fused-ring (bicyclic) bond motifs is 1. The molecule has 1 heterocycles. The zero-order valence-electron chi connectivity index (χ0n) is 14.8. The van der Waals surface area contributed by atoms with Crippen molar-refractivity contribution in [2.24, 2.45) is 0 Å². The van der Waals surface area contributed by atoms with E-state index in [1.165, 1.54) is 17.4 Å². The summed E-state index contributed by atoms with van der Waals surface area (Å²) in [6, 6.07) is 16.2. The first kappa shape index (κ1) is 17.5. The summed E-state index contributed by atoms with van der Waals surface area (Å²) in [6.45, 7) is 4.40. The minimum absolute atomic E-state index is 0.108. The second kappa shape index (κ2) is 6.56. The SMILES string of the molecule is CCC(CC)(c1ccccc1)c1c[nH]c2c(NS(C)(=O)=O)cccc12. The predicted octanol–water partition coefficient (Wildman–Crippen LogP) is 4.65. The van der Waals surface area contributed by atoms with Crippen molar-refractivity contribution in [3.05, 3.63) is 65.9 Å². The van der Waals surface area contributed by atoms with Gasteiger partial charge in [-0.2, -0.15) is 0 Å². The topological polar surface area (TPSA) is 62.0 Å². The Morgan fingerprint density at radius 2 is 1.68 bits per heavy atom. The van der Waals surface area contributed by atoms with Crippen LogP contribution in [0.25, 0.3) is 10.9 Å².